The Kier molecular flexibility index (Phi) is 3.92. The Bertz CT molecular complexity index is 964. The number of aromatic nitrogens is 1. The van der Waals surface area contributed by atoms with Crippen molar-refractivity contribution in [3.8, 4) is 0 Å². The van der Waals surface area contributed by atoms with E-state index in [-0.39, 0.29) is 5.91 Å². The molecule has 1 saturated heterocycles. The number of rotatable bonds is 3. The molecule has 1 fully saturated rings. The van der Waals surface area contributed by atoms with Gasteiger partial charge in [-0.3, -0.25) is 14.7 Å². The molecule has 0 spiro atoms. The number of carbonyl (C=O) groups excluding carboxylic acids is 1. The first-order valence-corrected chi connectivity index (χ1v) is 8.56. The number of benzene rings is 1. The van der Waals surface area contributed by atoms with E-state index < -0.39 is 0 Å². The molecule has 0 aliphatic carbocycles. The third-order valence-electron chi connectivity index (χ3n) is 3.69. The Labute approximate surface area is 148 Å². The van der Waals surface area contributed by atoms with Crippen molar-refractivity contribution in [1.29, 1.82) is 0 Å². The quantitative estimate of drug-likeness (QED) is 0.521. The molecule has 4 nitrogen and oxygen atoms in total. The van der Waals surface area contributed by atoms with Gasteiger partial charge in [0.2, 0.25) is 0 Å². The van der Waals surface area contributed by atoms with Gasteiger partial charge in [0.25, 0.3) is 5.91 Å². The van der Waals surface area contributed by atoms with Crippen LogP contribution in [0.25, 0.3) is 17.0 Å². The normalized spacial score (nSPS) is 16.5. The van der Waals surface area contributed by atoms with E-state index in [1.54, 1.807) is 23.4 Å². The van der Waals surface area contributed by atoms with Gasteiger partial charge in [-0.25, -0.2) is 0 Å². The van der Waals surface area contributed by atoms with Crippen molar-refractivity contribution in [2.24, 2.45) is 0 Å². The molecule has 118 valence electrons. The molecule has 2 aromatic heterocycles. The minimum atomic E-state index is -0.0901. The van der Waals surface area contributed by atoms with Gasteiger partial charge in [-0.15, -0.1) is 0 Å². The van der Waals surface area contributed by atoms with Gasteiger partial charge in [0, 0.05) is 11.6 Å². The molecular weight excluding hydrogens is 340 g/mol. The van der Waals surface area contributed by atoms with Crippen LogP contribution in [0.2, 0.25) is 0 Å². The Morgan fingerprint density at radius 1 is 1.25 bits per heavy atom. The lowest BCUT2D eigenvalue weighted by atomic mass is 10.1. The second-order valence-corrected chi connectivity index (χ2v) is 6.98. The molecule has 0 radical (unpaired) electrons. The Hall–Kier alpha value is -2.44. The van der Waals surface area contributed by atoms with Crippen molar-refractivity contribution in [2.45, 2.75) is 6.54 Å². The Morgan fingerprint density at radius 2 is 2.17 bits per heavy atom. The van der Waals surface area contributed by atoms with Gasteiger partial charge in [0.15, 0.2) is 0 Å². The van der Waals surface area contributed by atoms with E-state index in [2.05, 4.69) is 4.98 Å². The minimum Gasteiger partial charge on any atom is -0.467 e. The molecule has 1 aliphatic rings. The molecule has 3 heterocycles. The maximum atomic E-state index is 12.6. The lowest BCUT2D eigenvalue weighted by Crippen LogP contribution is -2.27. The molecule has 3 aromatic rings. The van der Waals surface area contributed by atoms with Crippen LogP contribution in [0.1, 0.15) is 11.3 Å². The maximum Gasteiger partial charge on any atom is 0.266 e. The number of carbonyl (C=O) groups is 1. The molecule has 0 N–H and O–H groups in total. The number of thiocarbonyl (C=S) groups is 1. The van der Waals surface area contributed by atoms with Gasteiger partial charge < -0.3 is 4.42 Å². The van der Waals surface area contributed by atoms with Gasteiger partial charge in [-0.2, -0.15) is 0 Å². The van der Waals surface area contributed by atoms with Crippen LogP contribution in [0.15, 0.2) is 64.2 Å². The number of hydrogen-bond donors (Lipinski definition) is 0. The predicted octanol–water partition coefficient (Wildman–Crippen LogP) is 4.23. The Morgan fingerprint density at radius 3 is 3.00 bits per heavy atom. The van der Waals surface area contributed by atoms with Crippen LogP contribution in [0.4, 0.5) is 0 Å². The lowest BCUT2D eigenvalue weighted by Gasteiger charge is -2.11. The van der Waals surface area contributed by atoms with Crippen molar-refractivity contribution in [2.75, 3.05) is 0 Å². The summed E-state index contributed by atoms with van der Waals surface area (Å²) in [5.74, 6) is 0.622. The summed E-state index contributed by atoms with van der Waals surface area (Å²) in [6, 6.07) is 13.4. The van der Waals surface area contributed by atoms with Crippen LogP contribution in [-0.2, 0) is 11.3 Å². The zero-order valence-corrected chi connectivity index (χ0v) is 14.1. The van der Waals surface area contributed by atoms with E-state index in [0.717, 1.165) is 16.5 Å². The standard InChI is InChI=1S/C18H12N2O2S2/c21-17-16(24-18(23)20(17)11-14-4-2-8-22-14)10-12-5-6-15-13(9-12)3-1-7-19-15/h1-10H,11H2/b16-10-. The SMILES string of the molecule is O=C1/C(=C/c2ccc3ncccc3c2)SC(=S)N1Cc1ccco1. The molecule has 0 unspecified atom stereocenters. The fourth-order valence-corrected chi connectivity index (χ4v) is 3.79. The molecule has 0 bridgehead atoms. The average Bonchev–Trinajstić information content (AvgIpc) is 3.19. The number of pyridine rings is 1. The monoisotopic (exact) mass is 352 g/mol. The van der Waals surface area contributed by atoms with E-state index in [0.29, 0.717) is 21.5 Å². The number of nitrogens with zero attached hydrogens (tertiary/aromatic N) is 2. The van der Waals surface area contributed by atoms with Crippen LogP contribution >= 0.6 is 24.0 Å². The van der Waals surface area contributed by atoms with Crippen molar-refractivity contribution < 1.29 is 9.21 Å². The third-order valence-corrected chi connectivity index (χ3v) is 5.07. The maximum absolute atomic E-state index is 12.6. The Balaban J connectivity index is 1.62. The summed E-state index contributed by atoms with van der Waals surface area (Å²) in [4.78, 5) is 19.1. The minimum absolute atomic E-state index is 0.0901. The van der Waals surface area contributed by atoms with E-state index in [1.165, 1.54) is 11.8 Å². The summed E-state index contributed by atoms with van der Waals surface area (Å²) in [6.45, 7) is 0.358. The van der Waals surface area contributed by atoms with Gasteiger partial charge in [-0.05, 0) is 42.0 Å². The molecule has 1 amide bonds. The van der Waals surface area contributed by atoms with E-state index in [1.807, 2.05) is 42.5 Å². The zero-order chi connectivity index (χ0) is 16.5. The lowest BCUT2D eigenvalue weighted by molar-refractivity contribution is -0.122. The first kappa shape index (κ1) is 15.1. The van der Waals surface area contributed by atoms with Crippen molar-refractivity contribution in [1.82, 2.24) is 9.88 Å². The van der Waals surface area contributed by atoms with Crippen LogP contribution in [0, 0.1) is 0 Å². The van der Waals surface area contributed by atoms with Crippen molar-refractivity contribution in [3.63, 3.8) is 0 Å². The van der Waals surface area contributed by atoms with Gasteiger partial charge in [-0.1, -0.05) is 36.1 Å². The number of thioether (sulfide) groups is 1. The van der Waals surface area contributed by atoms with E-state index in [4.69, 9.17) is 16.6 Å². The highest BCUT2D eigenvalue weighted by Gasteiger charge is 2.32. The van der Waals surface area contributed by atoms with E-state index >= 15 is 0 Å². The van der Waals surface area contributed by atoms with Crippen molar-refractivity contribution >= 4 is 51.2 Å². The molecule has 4 rings (SSSR count). The molecule has 1 aromatic carbocycles. The van der Waals surface area contributed by atoms with Crippen molar-refractivity contribution in [3.05, 3.63) is 71.2 Å². The van der Waals surface area contributed by atoms with Crippen LogP contribution < -0.4 is 0 Å². The highest BCUT2D eigenvalue weighted by Crippen LogP contribution is 2.33. The summed E-state index contributed by atoms with van der Waals surface area (Å²) in [6.07, 6.45) is 5.22. The molecule has 1 aliphatic heterocycles. The van der Waals surface area contributed by atoms with Gasteiger partial charge in [0.1, 0.15) is 10.1 Å². The second-order valence-electron chi connectivity index (χ2n) is 5.30. The molecule has 0 atom stereocenters. The fraction of sp³-hybridized carbons (Fsp3) is 0.0556. The number of amides is 1. The van der Waals surface area contributed by atoms with Crippen LogP contribution in [0.3, 0.4) is 0 Å². The first-order chi connectivity index (χ1) is 11.7. The highest BCUT2D eigenvalue weighted by atomic mass is 32.2. The van der Waals surface area contributed by atoms with Crippen LogP contribution in [-0.4, -0.2) is 20.1 Å². The highest BCUT2D eigenvalue weighted by molar-refractivity contribution is 8.26. The molecule has 6 heteroatoms. The van der Waals surface area contributed by atoms with E-state index in [9.17, 15) is 4.79 Å². The summed E-state index contributed by atoms with van der Waals surface area (Å²) in [5.41, 5.74) is 1.88. The smallest absolute Gasteiger partial charge is 0.266 e. The average molecular weight is 352 g/mol. The molecular formula is C18H12N2O2S2. The summed E-state index contributed by atoms with van der Waals surface area (Å²) >= 11 is 6.65. The first-order valence-electron chi connectivity index (χ1n) is 7.33. The topological polar surface area (TPSA) is 46.3 Å². The largest absolute Gasteiger partial charge is 0.467 e. The third kappa shape index (κ3) is 2.86. The second kappa shape index (κ2) is 6.22. The number of furan rings is 1. The summed E-state index contributed by atoms with van der Waals surface area (Å²) < 4.78 is 5.85. The fourth-order valence-electron chi connectivity index (χ4n) is 2.53. The number of hydrogen-bond acceptors (Lipinski definition) is 5. The van der Waals surface area contributed by atoms with Gasteiger partial charge >= 0.3 is 0 Å². The summed E-state index contributed by atoms with van der Waals surface area (Å²) in [5, 5.41) is 1.04. The summed E-state index contributed by atoms with van der Waals surface area (Å²) in [7, 11) is 0. The molecule has 24 heavy (non-hydrogen) atoms. The zero-order valence-electron chi connectivity index (χ0n) is 12.5. The molecule has 0 saturated carbocycles. The van der Waals surface area contributed by atoms with Gasteiger partial charge in [0.05, 0.1) is 23.2 Å². The van der Waals surface area contributed by atoms with Crippen LogP contribution in [0.5, 0.6) is 0 Å². The predicted molar refractivity (Wildman–Crippen MR) is 99.2 cm³/mol. The number of fused-ring (bicyclic) bond motifs is 1.